The molecular formula is C17H15FN6O3. The molecule has 1 aromatic carbocycles. The molecule has 2 aromatic heterocycles. The molecule has 138 valence electrons. The predicted molar refractivity (Wildman–Crippen MR) is 92.1 cm³/mol. The molecule has 0 aliphatic carbocycles. The van der Waals surface area contributed by atoms with Gasteiger partial charge in [0.2, 0.25) is 0 Å². The summed E-state index contributed by atoms with van der Waals surface area (Å²) in [6.45, 7) is -0.0992. The molecule has 4 rings (SSSR count). The molecule has 9 nitrogen and oxygen atoms in total. The molecule has 1 atom stereocenters. The second-order valence-corrected chi connectivity index (χ2v) is 6.02. The van der Waals surface area contributed by atoms with Crippen molar-refractivity contribution in [3.63, 3.8) is 0 Å². The first-order chi connectivity index (χ1) is 13.1. The van der Waals surface area contributed by atoms with E-state index in [0.717, 1.165) is 0 Å². The normalized spacial score (nSPS) is 16.6. The lowest BCUT2D eigenvalue weighted by atomic mass is 10.1. The molecule has 0 bridgehead atoms. The van der Waals surface area contributed by atoms with Crippen LogP contribution in [0.5, 0.6) is 0 Å². The molecule has 10 heteroatoms. The number of cyclic esters (lactones) is 1. The van der Waals surface area contributed by atoms with Gasteiger partial charge in [-0.15, -0.1) is 5.10 Å². The summed E-state index contributed by atoms with van der Waals surface area (Å²) in [4.78, 5) is 17.4. The van der Waals surface area contributed by atoms with Gasteiger partial charge in [0, 0.05) is 24.4 Å². The van der Waals surface area contributed by atoms with Gasteiger partial charge in [-0.2, -0.15) is 0 Å². The number of amides is 1. The van der Waals surface area contributed by atoms with E-state index in [1.807, 2.05) is 0 Å². The van der Waals surface area contributed by atoms with Crippen LogP contribution in [-0.2, 0) is 11.8 Å². The Kier molecular flexibility index (Phi) is 4.24. The Morgan fingerprint density at radius 1 is 1.33 bits per heavy atom. The van der Waals surface area contributed by atoms with Crippen molar-refractivity contribution < 1.29 is 19.0 Å². The van der Waals surface area contributed by atoms with Crippen molar-refractivity contribution in [3.05, 3.63) is 42.3 Å². The number of hydrogen-bond donors (Lipinski definition) is 1. The molecule has 3 heterocycles. The predicted octanol–water partition coefficient (Wildman–Crippen LogP) is 1.40. The Morgan fingerprint density at radius 3 is 2.78 bits per heavy atom. The maximum absolute atomic E-state index is 14.6. The number of hydrogen-bond acceptors (Lipinski definition) is 7. The number of aliphatic hydroxyl groups excluding tert-OH is 1. The molecule has 1 saturated heterocycles. The van der Waals surface area contributed by atoms with Gasteiger partial charge in [0.1, 0.15) is 17.6 Å². The number of halogens is 1. The van der Waals surface area contributed by atoms with E-state index < -0.39 is 18.0 Å². The number of anilines is 1. The third-order valence-electron chi connectivity index (χ3n) is 4.27. The van der Waals surface area contributed by atoms with Crippen LogP contribution in [0.15, 0.2) is 36.5 Å². The van der Waals surface area contributed by atoms with E-state index >= 15 is 0 Å². The standard InChI is InChI=1S/C17H15FN6O3/c1-23-16(20-21-22-23)15-5-2-10(7-19-15)13-4-3-11(6-14(13)18)24-8-12(9-25)27-17(24)26/h2-7,12,25H,8-9H2,1H3. The number of aromatic nitrogens is 5. The summed E-state index contributed by atoms with van der Waals surface area (Å²) in [7, 11) is 1.70. The minimum Gasteiger partial charge on any atom is -0.441 e. The smallest absolute Gasteiger partial charge is 0.414 e. The third-order valence-corrected chi connectivity index (χ3v) is 4.27. The molecule has 0 saturated carbocycles. The average molecular weight is 370 g/mol. The van der Waals surface area contributed by atoms with Crippen molar-refractivity contribution in [2.75, 3.05) is 18.1 Å². The van der Waals surface area contributed by atoms with Gasteiger partial charge in [0.25, 0.3) is 0 Å². The summed E-state index contributed by atoms with van der Waals surface area (Å²) in [6.07, 6.45) is 0.324. The minimum absolute atomic E-state index is 0.177. The molecule has 27 heavy (non-hydrogen) atoms. The Hall–Kier alpha value is -3.40. The first-order valence-corrected chi connectivity index (χ1v) is 8.14. The van der Waals surface area contributed by atoms with Crippen LogP contribution < -0.4 is 4.90 Å². The Bertz CT molecular complexity index is 991. The van der Waals surface area contributed by atoms with Crippen LogP contribution in [0.4, 0.5) is 14.9 Å². The number of nitrogens with zero attached hydrogens (tertiary/aromatic N) is 6. The first-order valence-electron chi connectivity index (χ1n) is 8.14. The summed E-state index contributed by atoms with van der Waals surface area (Å²) in [5.74, 6) is 0.00553. The second kappa shape index (κ2) is 6.72. The van der Waals surface area contributed by atoms with Crippen molar-refractivity contribution >= 4 is 11.8 Å². The number of carbonyl (C=O) groups is 1. The fourth-order valence-electron chi connectivity index (χ4n) is 2.87. The van der Waals surface area contributed by atoms with E-state index in [0.29, 0.717) is 28.3 Å². The van der Waals surface area contributed by atoms with Crippen LogP contribution >= 0.6 is 0 Å². The summed E-state index contributed by atoms with van der Waals surface area (Å²) in [5.41, 5.74) is 1.86. The van der Waals surface area contributed by atoms with Crippen LogP contribution in [0.2, 0.25) is 0 Å². The van der Waals surface area contributed by atoms with Gasteiger partial charge in [0.15, 0.2) is 5.82 Å². The van der Waals surface area contributed by atoms with Crippen LogP contribution in [-0.4, -0.2) is 55.6 Å². The molecule has 3 aromatic rings. The second-order valence-electron chi connectivity index (χ2n) is 6.02. The minimum atomic E-state index is -0.607. The SMILES string of the molecule is Cn1nnnc1-c1ccc(-c2ccc(N3CC(CO)OC3=O)cc2F)cn1. The summed E-state index contributed by atoms with van der Waals surface area (Å²) >= 11 is 0. The number of tetrazole rings is 1. The van der Waals surface area contributed by atoms with Crippen LogP contribution in [0, 0.1) is 5.82 Å². The Labute approximate surface area is 153 Å². The largest absolute Gasteiger partial charge is 0.441 e. The lowest BCUT2D eigenvalue weighted by Crippen LogP contribution is -2.25. The molecule has 1 amide bonds. The van der Waals surface area contributed by atoms with Gasteiger partial charge in [0.05, 0.1) is 18.8 Å². The van der Waals surface area contributed by atoms with Gasteiger partial charge in [-0.1, -0.05) is 6.07 Å². The van der Waals surface area contributed by atoms with Crippen LogP contribution in [0.25, 0.3) is 22.6 Å². The van der Waals surface area contributed by atoms with E-state index in [4.69, 9.17) is 9.84 Å². The Morgan fingerprint density at radius 2 is 2.19 bits per heavy atom. The van der Waals surface area contributed by atoms with Gasteiger partial charge < -0.3 is 9.84 Å². The molecule has 0 spiro atoms. The maximum atomic E-state index is 14.6. The first kappa shape index (κ1) is 17.0. The zero-order chi connectivity index (χ0) is 19.0. The highest BCUT2D eigenvalue weighted by Gasteiger charge is 2.32. The quantitative estimate of drug-likeness (QED) is 0.740. The van der Waals surface area contributed by atoms with Crippen molar-refractivity contribution in [1.29, 1.82) is 0 Å². The summed E-state index contributed by atoms with van der Waals surface area (Å²) < 4.78 is 21.1. The van der Waals surface area contributed by atoms with Crippen molar-refractivity contribution in [2.24, 2.45) is 7.05 Å². The lowest BCUT2D eigenvalue weighted by Gasteiger charge is -2.14. The summed E-state index contributed by atoms with van der Waals surface area (Å²) in [5, 5.41) is 20.3. The highest BCUT2D eigenvalue weighted by atomic mass is 19.1. The number of rotatable bonds is 4. The number of ether oxygens (including phenoxy) is 1. The molecule has 1 aliphatic rings. The fraction of sp³-hybridized carbons (Fsp3) is 0.235. The highest BCUT2D eigenvalue weighted by Crippen LogP contribution is 2.29. The van der Waals surface area contributed by atoms with E-state index in [1.165, 1.54) is 21.8 Å². The molecule has 1 fully saturated rings. The molecule has 0 radical (unpaired) electrons. The maximum Gasteiger partial charge on any atom is 0.414 e. The van der Waals surface area contributed by atoms with E-state index in [-0.39, 0.29) is 13.2 Å². The highest BCUT2D eigenvalue weighted by molar-refractivity contribution is 5.90. The lowest BCUT2D eigenvalue weighted by molar-refractivity contribution is 0.0963. The Balaban J connectivity index is 1.60. The van der Waals surface area contributed by atoms with Crippen LogP contribution in [0.3, 0.4) is 0 Å². The van der Waals surface area contributed by atoms with Gasteiger partial charge >= 0.3 is 6.09 Å². The summed E-state index contributed by atoms with van der Waals surface area (Å²) in [6, 6.07) is 7.89. The van der Waals surface area contributed by atoms with Crippen LogP contribution in [0.1, 0.15) is 0 Å². The fourth-order valence-corrected chi connectivity index (χ4v) is 2.87. The van der Waals surface area contributed by atoms with E-state index in [9.17, 15) is 9.18 Å². The number of aliphatic hydroxyl groups is 1. The zero-order valence-corrected chi connectivity index (χ0v) is 14.3. The molecular weight excluding hydrogens is 355 g/mol. The topological polar surface area (TPSA) is 106 Å². The van der Waals surface area contributed by atoms with Gasteiger partial charge in [-0.05, 0) is 34.7 Å². The molecule has 1 unspecified atom stereocenters. The third kappa shape index (κ3) is 3.10. The van der Waals surface area contributed by atoms with Crippen molar-refractivity contribution in [3.8, 4) is 22.6 Å². The number of pyridine rings is 1. The number of carbonyl (C=O) groups excluding carboxylic acids is 1. The number of aryl methyl sites for hydroxylation is 1. The van der Waals surface area contributed by atoms with Gasteiger partial charge in [-0.3, -0.25) is 9.88 Å². The zero-order valence-electron chi connectivity index (χ0n) is 14.3. The van der Waals surface area contributed by atoms with Gasteiger partial charge in [-0.25, -0.2) is 13.9 Å². The van der Waals surface area contributed by atoms with Crippen molar-refractivity contribution in [2.45, 2.75) is 6.10 Å². The molecule has 1 aliphatic heterocycles. The number of benzene rings is 1. The molecule has 1 N–H and O–H groups in total. The average Bonchev–Trinajstić information content (AvgIpc) is 3.27. The van der Waals surface area contributed by atoms with E-state index in [1.54, 1.807) is 31.3 Å². The monoisotopic (exact) mass is 370 g/mol. The van der Waals surface area contributed by atoms with Crippen molar-refractivity contribution in [1.82, 2.24) is 25.2 Å². The van der Waals surface area contributed by atoms with E-state index in [2.05, 4.69) is 20.5 Å².